The summed E-state index contributed by atoms with van der Waals surface area (Å²) in [6, 6.07) is 2.23. The third kappa shape index (κ3) is 6.48. The minimum absolute atomic E-state index is 0. The first kappa shape index (κ1) is 23.2. The van der Waals surface area contributed by atoms with Crippen LogP contribution in [0.5, 0.6) is 0 Å². The largest absolute Gasteiger partial charge is 0.444 e. The van der Waals surface area contributed by atoms with Gasteiger partial charge in [-0.05, 0) is 44.2 Å². The number of ether oxygens (including phenoxy) is 1. The van der Waals surface area contributed by atoms with Crippen molar-refractivity contribution in [3.05, 3.63) is 21.9 Å². The van der Waals surface area contributed by atoms with Crippen molar-refractivity contribution in [1.29, 1.82) is 0 Å². The van der Waals surface area contributed by atoms with E-state index in [0.717, 1.165) is 26.1 Å². The van der Waals surface area contributed by atoms with Crippen LogP contribution in [-0.2, 0) is 17.7 Å². The molecule has 1 amide bonds. The highest BCUT2D eigenvalue weighted by molar-refractivity contribution is 14.0. The van der Waals surface area contributed by atoms with Crippen LogP contribution in [0.3, 0.4) is 0 Å². The van der Waals surface area contributed by atoms with Crippen LogP contribution < -0.4 is 5.73 Å². The molecule has 2 aliphatic heterocycles. The Morgan fingerprint density at radius 3 is 2.57 bits per heavy atom. The number of rotatable bonds is 3. The molecular formula is C19H32IN5O2S. The van der Waals surface area contributed by atoms with Gasteiger partial charge in [0.1, 0.15) is 5.60 Å². The molecule has 9 heteroatoms. The SMILES string of the molecule is CC(C)(C)OC(=O)N1CCN(C(N)=NCCN2CCc3sccc3C2)CC1.I. The van der Waals surface area contributed by atoms with Gasteiger partial charge in [0.15, 0.2) is 5.96 Å². The zero-order chi connectivity index (χ0) is 19.4. The second-order valence-electron chi connectivity index (χ2n) is 8.09. The van der Waals surface area contributed by atoms with Gasteiger partial charge in [-0.2, -0.15) is 0 Å². The first-order chi connectivity index (χ1) is 12.8. The molecule has 1 aromatic rings. The maximum atomic E-state index is 12.1. The standard InChI is InChI=1S/C19H31N5O2S.HI/c1-19(2,3)26-18(25)24-11-9-23(10-12-24)17(20)21-6-8-22-7-4-16-15(14-22)5-13-27-16;/h5,13H,4,6-12,14H2,1-3H3,(H2,20,21);1H. The molecule has 1 fully saturated rings. The number of halogens is 1. The van der Waals surface area contributed by atoms with E-state index in [1.165, 1.54) is 10.4 Å². The van der Waals surface area contributed by atoms with Crippen molar-refractivity contribution in [3.63, 3.8) is 0 Å². The third-order valence-electron chi connectivity index (χ3n) is 4.83. The summed E-state index contributed by atoms with van der Waals surface area (Å²) < 4.78 is 5.43. The summed E-state index contributed by atoms with van der Waals surface area (Å²) in [5.41, 5.74) is 7.17. The highest BCUT2D eigenvalue weighted by Crippen LogP contribution is 2.23. The van der Waals surface area contributed by atoms with Crippen LogP contribution in [0, 0.1) is 0 Å². The monoisotopic (exact) mass is 521 g/mol. The molecular weight excluding hydrogens is 489 g/mol. The highest BCUT2D eigenvalue weighted by atomic mass is 127. The van der Waals surface area contributed by atoms with Crippen molar-refractivity contribution in [2.45, 2.75) is 39.3 Å². The molecule has 0 bridgehead atoms. The predicted molar refractivity (Wildman–Crippen MR) is 125 cm³/mol. The van der Waals surface area contributed by atoms with Crippen molar-refractivity contribution >= 4 is 47.4 Å². The summed E-state index contributed by atoms with van der Waals surface area (Å²) in [5, 5.41) is 2.18. The van der Waals surface area contributed by atoms with Gasteiger partial charge in [-0.3, -0.25) is 9.89 Å². The summed E-state index contributed by atoms with van der Waals surface area (Å²) >= 11 is 1.86. The summed E-state index contributed by atoms with van der Waals surface area (Å²) in [6.45, 7) is 12.0. The number of guanidine groups is 1. The molecule has 1 saturated heterocycles. The van der Waals surface area contributed by atoms with Gasteiger partial charge in [-0.25, -0.2) is 4.79 Å². The molecule has 0 atom stereocenters. The van der Waals surface area contributed by atoms with Crippen LogP contribution in [0.4, 0.5) is 4.79 Å². The summed E-state index contributed by atoms with van der Waals surface area (Å²) in [6.07, 6.45) is 0.884. The Kier molecular flexibility index (Phi) is 8.38. The zero-order valence-electron chi connectivity index (χ0n) is 17.0. The van der Waals surface area contributed by atoms with Crippen LogP contribution in [0.15, 0.2) is 16.4 Å². The van der Waals surface area contributed by atoms with E-state index in [1.807, 2.05) is 37.0 Å². The van der Waals surface area contributed by atoms with Crippen LogP contribution in [-0.4, -0.2) is 78.2 Å². The van der Waals surface area contributed by atoms with Gasteiger partial charge in [0.2, 0.25) is 0 Å². The Morgan fingerprint density at radius 1 is 1.21 bits per heavy atom. The minimum atomic E-state index is -0.465. The van der Waals surface area contributed by atoms with Crippen molar-refractivity contribution in [2.75, 3.05) is 45.8 Å². The van der Waals surface area contributed by atoms with Crippen LogP contribution in [0.1, 0.15) is 31.2 Å². The van der Waals surface area contributed by atoms with Crippen molar-refractivity contribution in [1.82, 2.24) is 14.7 Å². The smallest absolute Gasteiger partial charge is 0.410 e. The number of nitrogens with zero attached hydrogens (tertiary/aromatic N) is 4. The van der Waals surface area contributed by atoms with Crippen LogP contribution in [0.2, 0.25) is 0 Å². The molecule has 0 aliphatic carbocycles. The average molecular weight is 521 g/mol. The molecule has 0 radical (unpaired) electrons. The number of thiophene rings is 1. The quantitative estimate of drug-likeness (QED) is 0.376. The van der Waals surface area contributed by atoms with Gasteiger partial charge in [-0.1, -0.05) is 0 Å². The molecule has 2 aliphatic rings. The normalized spacial score (nSPS) is 18.5. The minimum Gasteiger partial charge on any atom is -0.444 e. The Labute approximate surface area is 188 Å². The number of fused-ring (bicyclic) bond motifs is 1. The molecule has 28 heavy (non-hydrogen) atoms. The molecule has 158 valence electrons. The van der Waals surface area contributed by atoms with E-state index < -0.39 is 5.60 Å². The van der Waals surface area contributed by atoms with Gasteiger partial charge in [0.05, 0.1) is 6.54 Å². The molecule has 1 aromatic heterocycles. The van der Waals surface area contributed by atoms with Gasteiger partial charge in [0, 0.05) is 50.7 Å². The first-order valence-corrected chi connectivity index (χ1v) is 10.5. The number of piperazine rings is 1. The van der Waals surface area contributed by atoms with Crippen molar-refractivity contribution in [3.8, 4) is 0 Å². The van der Waals surface area contributed by atoms with Gasteiger partial charge in [0.25, 0.3) is 0 Å². The lowest BCUT2D eigenvalue weighted by Gasteiger charge is -2.36. The van der Waals surface area contributed by atoms with E-state index in [1.54, 1.807) is 4.90 Å². The fraction of sp³-hybridized carbons (Fsp3) is 0.684. The maximum absolute atomic E-state index is 12.1. The molecule has 0 aromatic carbocycles. The average Bonchev–Trinajstić information content (AvgIpc) is 3.08. The second-order valence-corrected chi connectivity index (χ2v) is 9.09. The van der Waals surface area contributed by atoms with E-state index in [0.29, 0.717) is 38.7 Å². The fourth-order valence-corrected chi connectivity index (χ4v) is 4.24. The molecule has 0 unspecified atom stereocenters. The molecule has 3 rings (SSSR count). The molecule has 3 heterocycles. The highest BCUT2D eigenvalue weighted by Gasteiger charge is 2.26. The molecule has 2 N–H and O–H groups in total. The zero-order valence-corrected chi connectivity index (χ0v) is 20.2. The van der Waals surface area contributed by atoms with Gasteiger partial charge >= 0.3 is 6.09 Å². The molecule has 0 saturated carbocycles. The Balaban J connectivity index is 0.00000280. The van der Waals surface area contributed by atoms with Crippen molar-refractivity contribution < 1.29 is 9.53 Å². The number of hydrogen-bond acceptors (Lipinski definition) is 5. The topological polar surface area (TPSA) is 74.4 Å². The summed E-state index contributed by atoms with van der Waals surface area (Å²) in [4.78, 5) is 24.4. The lowest BCUT2D eigenvalue weighted by molar-refractivity contribution is 0.0186. The van der Waals surface area contributed by atoms with Crippen LogP contribution in [0.25, 0.3) is 0 Å². The number of nitrogens with two attached hydrogens (primary N) is 1. The Morgan fingerprint density at radius 2 is 1.89 bits per heavy atom. The van der Waals surface area contributed by atoms with Gasteiger partial charge < -0.3 is 20.3 Å². The summed E-state index contributed by atoms with van der Waals surface area (Å²) in [5.74, 6) is 0.576. The Bertz CT molecular complexity index is 680. The van der Waals surface area contributed by atoms with E-state index in [-0.39, 0.29) is 30.1 Å². The number of aliphatic imine (C=N–C) groups is 1. The molecule has 7 nitrogen and oxygen atoms in total. The second kappa shape index (κ2) is 10.1. The van der Waals surface area contributed by atoms with E-state index in [2.05, 4.69) is 21.3 Å². The van der Waals surface area contributed by atoms with Crippen molar-refractivity contribution in [2.24, 2.45) is 10.7 Å². The third-order valence-corrected chi connectivity index (χ3v) is 5.86. The maximum Gasteiger partial charge on any atom is 0.410 e. The lowest BCUT2D eigenvalue weighted by atomic mass is 10.1. The van der Waals surface area contributed by atoms with E-state index in [4.69, 9.17) is 10.5 Å². The van der Waals surface area contributed by atoms with E-state index >= 15 is 0 Å². The Hall–Kier alpha value is -1.07. The number of carbonyl (C=O) groups excluding carboxylic acids is 1. The number of carbonyl (C=O) groups is 1. The predicted octanol–water partition coefficient (Wildman–Crippen LogP) is 2.59. The fourth-order valence-electron chi connectivity index (χ4n) is 3.35. The number of hydrogen-bond donors (Lipinski definition) is 1. The number of amides is 1. The molecule has 0 spiro atoms. The van der Waals surface area contributed by atoms with E-state index in [9.17, 15) is 4.79 Å². The summed E-state index contributed by atoms with van der Waals surface area (Å²) in [7, 11) is 0. The first-order valence-electron chi connectivity index (χ1n) is 9.62. The van der Waals surface area contributed by atoms with Gasteiger partial charge in [-0.15, -0.1) is 35.3 Å². The van der Waals surface area contributed by atoms with Crippen LogP contribution >= 0.6 is 35.3 Å². The lowest BCUT2D eigenvalue weighted by Crippen LogP contribution is -2.53.